The van der Waals surface area contributed by atoms with E-state index in [1.807, 2.05) is 6.20 Å². The Labute approximate surface area is 133 Å². The first-order chi connectivity index (χ1) is 10.7. The molecule has 0 radical (unpaired) electrons. The van der Waals surface area contributed by atoms with Gasteiger partial charge in [-0.15, -0.1) is 0 Å². The molecule has 1 aromatic heterocycles. The molecule has 2 aliphatic rings. The predicted molar refractivity (Wildman–Crippen MR) is 86.3 cm³/mol. The molecular formula is C17H27N3O2. The Morgan fingerprint density at radius 3 is 2.95 bits per heavy atom. The van der Waals surface area contributed by atoms with E-state index in [1.54, 1.807) is 6.20 Å². The number of anilines is 1. The van der Waals surface area contributed by atoms with Crippen LogP contribution in [0, 0.1) is 5.92 Å². The third kappa shape index (κ3) is 3.69. The molecule has 1 aliphatic carbocycles. The molecule has 0 amide bonds. The van der Waals surface area contributed by atoms with Crippen LogP contribution in [0.2, 0.25) is 0 Å². The van der Waals surface area contributed by atoms with Crippen LogP contribution in [0.25, 0.3) is 0 Å². The van der Waals surface area contributed by atoms with E-state index >= 15 is 0 Å². The predicted octanol–water partition coefficient (Wildman–Crippen LogP) is 3.05. The summed E-state index contributed by atoms with van der Waals surface area (Å²) in [5, 5.41) is 0. The summed E-state index contributed by atoms with van der Waals surface area (Å²) in [6.07, 6.45) is 9.78. The average molecular weight is 305 g/mol. The van der Waals surface area contributed by atoms with Gasteiger partial charge in [0.2, 0.25) is 5.88 Å². The lowest BCUT2D eigenvalue weighted by Crippen LogP contribution is -2.50. The molecule has 1 unspecified atom stereocenters. The van der Waals surface area contributed by atoms with Gasteiger partial charge in [-0.25, -0.2) is 0 Å². The van der Waals surface area contributed by atoms with Crippen molar-refractivity contribution in [1.82, 2.24) is 9.97 Å². The van der Waals surface area contributed by atoms with Crippen LogP contribution in [0.4, 0.5) is 5.82 Å². The van der Waals surface area contributed by atoms with Crippen molar-refractivity contribution >= 4 is 5.82 Å². The lowest BCUT2D eigenvalue weighted by atomic mass is 10.0. The molecule has 5 heteroatoms. The van der Waals surface area contributed by atoms with Crippen molar-refractivity contribution in [3.05, 3.63) is 12.4 Å². The van der Waals surface area contributed by atoms with Crippen molar-refractivity contribution in [1.29, 1.82) is 0 Å². The summed E-state index contributed by atoms with van der Waals surface area (Å²) >= 11 is 0. The zero-order valence-corrected chi connectivity index (χ0v) is 13.8. The molecule has 1 aliphatic heterocycles. The Kier molecular flexibility index (Phi) is 4.81. The SMILES string of the molecule is CCC1(C)CN(c2cncc(OCC3CCCC3)n2)CCO1. The Balaban J connectivity index is 1.62. The van der Waals surface area contributed by atoms with Crippen molar-refractivity contribution in [2.45, 2.75) is 51.6 Å². The minimum absolute atomic E-state index is 0.0966. The Hall–Kier alpha value is -1.36. The minimum atomic E-state index is -0.0966. The minimum Gasteiger partial charge on any atom is -0.476 e. The molecule has 1 saturated carbocycles. The van der Waals surface area contributed by atoms with E-state index < -0.39 is 0 Å². The van der Waals surface area contributed by atoms with Crippen LogP contribution in [0.1, 0.15) is 46.0 Å². The van der Waals surface area contributed by atoms with Crippen LogP contribution in [0.3, 0.4) is 0 Å². The van der Waals surface area contributed by atoms with Gasteiger partial charge in [0, 0.05) is 13.1 Å². The first-order valence-corrected chi connectivity index (χ1v) is 8.52. The second-order valence-electron chi connectivity index (χ2n) is 6.75. The summed E-state index contributed by atoms with van der Waals surface area (Å²) in [6, 6.07) is 0. The van der Waals surface area contributed by atoms with Gasteiger partial charge in [0.1, 0.15) is 0 Å². The molecule has 0 aromatic carbocycles. The van der Waals surface area contributed by atoms with Crippen molar-refractivity contribution in [3.63, 3.8) is 0 Å². The summed E-state index contributed by atoms with van der Waals surface area (Å²) in [7, 11) is 0. The molecule has 1 saturated heterocycles. The number of aromatic nitrogens is 2. The fourth-order valence-corrected chi connectivity index (χ4v) is 3.28. The Morgan fingerprint density at radius 2 is 2.18 bits per heavy atom. The van der Waals surface area contributed by atoms with Crippen LogP contribution in [0.15, 0.2) is 12.4 Å². The van der Waals surface area contributed by atoms with Gasteiger partial charge in [0.25, 0.3) is 0 Å². The molecule has 0 bridgehead atoms. The zero-order chi connectivity index (χ0) is 15.4. The summed E-state index contributed by atoms with van der Waals surface area (Å²) in [6.45, 7) is 7.54. The monoisotopic (exact) mass is 305 g/mol. The maximum atomic E-state index is 5.89. The maximum Gasteiger partial charge on any atom is 0.234 e. The lowest BCUT2D eigenvalue weighted by Gasteiger charge is -2.40. The summed E-state index contributed by atoms with van der Waals surface area (Å²) in [5.74, 6) is 2.23. The van der Waals surface area contributed by atoms with E-state index in [-0.39, 0.29) is 5.60 Å². The number of rotatable bonds is 5. The van der Waals surface area contributed by atoms with Crippen LogP contribution in [0.5, 0.6) is 5.88 Å². The molecule has 1 atom stereocenters. The molecule has 22 heavy (non-hydrogen) atoms. The lowest BCUT2D eigenvalue weighted by molar-refractivity contribution is -0.0443. The summed E-state index contributed by atoms with van der Waals surface area (Å²) in [4.78, 5) is 11.2. The van der Waals surface area contributed by atoms with Gasteiger partial charge in [0.15, 0.2) is 5.82 Å². The molecule has 122 valence electrons. The third-order valence-corrected chi connectivity index (χ3v) is 4.95. The van der Waals surface area contributed by atoms with Crippen LogP contribution in [-0.4, -0.2) is 41.9 Å². The Morgan fingerprint density at radius 1 is 1.36 bits per heavy atom. The van der Waals surface area contributed by atoms with E-state index in [9.17, 15) is 0 Å². The van der Waals surface area contributed by atoms with Gasteiger partial charge in [0.05, 0.1) is 31.2 Å². The molecule has 0 spiro atoms. The van der Waals surface area contributed by atoms with Crippen LogP contribution < -0.4 is 9.64 Å². The van der Waals surface area contributed by atoms with E-state index in [1.165, 1.54) is 25.7 Å². The molecule has 3 rings (SSSR count). The van der Waals surface area contributed by atoms with Crippen molar-refractivity contribution in [2.24, 2.45) is 5.92 Å². The van der Waals surface area contributed by atoms with E-state index in [4.69, 9.17) is 9.47 Å². The molecule has 2 fully saturated rings. The highest BCUT2D eigenvalue weighted by Gasteiger charge is 2.31. The highest BCUT2D eigenvalue weighted by atomic mass is 16.5. The summed E-state index contributed by atoms with van der Waals surface area (Å²) < 4.78 is 11.8. The first-order valence-electron chi connectivity index (χ1n) is 8.52. The van der Waals surface area contributed by atoms with Gasteiger partial charge in [-0.1, -0.05) is 19.8 Å². The highest BCUT2D eigenvalue weighted by molar-refractivity contribution is 5.38. The highest BCUT2D eigenvalue weighted by Crippen LogP contribution is 2.27. The fourth-order valence-electron chi connectivity index (χ4n) is 3.28. The van der Waals surface area contributed by atoms with Crippen molar-refractivity contribution in [3.8, 4) is 5.88 Å². The first kappa shape index (κ1) is 15.5. The van der Waals surface area contributed by atoms with Crippen LogP contribution in [-0.2, 0) is 4.74 Å². The largest absolute Gasteiger partial charge is 0.476 e. The molecule has 0 N–H and O–H groups in total. The molecular weight excluding hydrogens is 278 g/mol. The standard InChI is InChI=1S/C17H27N3O2/c1-3-17(2)13-20(8-9-22-17)15-10-18-11-16(19-15)21-12-14-6-4-5-7-14/h10-11,14H,3-9,12-13H2,1-2H3. The van der Waals surface area contributed by atoms with Gasteiger partial charge in [-0.05, 0) is 32.1 Å². The molecule has 5 nitrogen and oxygen atoms in total. The second kappa shape index (κ2) is 6.82. The van der Waals surface area contributed by atoms with E-state index in [0.29, 0.717) is 11.8 Å². The number of hydrogen-bond donors (Lipinski definition) is 0. The van der Waals surface area contributed by atoms with E-state index in [2.05, 4.69) is 28.7 Å². The number of ether oxygens (including phenoxy) is 2. The normalized spacial score (nSPS) is 26.4. The Bertz CT molecular complexity index is 491. The van der Waals surface area contributed by atoms with Crippen LogP contribution >= 0.6 is 0 Å². The van der Waals surface area contributed by atoms with Gasteiger partial charge < -0.3 is 14.4 Å². The average Bonchev–Trinajstić information content (AvgIpc) is 3.07. The molecule has 1 aromatic rings. The third-order valence-electron chi connectivity index (χ3n) is 4.95. The van der Waals surface area contributed by atoms with Gasteiger partial charge in [-0.3, -0.25) is 4.98 Å². The zero-order valence-electron chi connectivity index (χ0n) is 13.8. The van der Waals surface area contributed by atoms with Crippen molar-refractivity contribution < 1.29 is 9.47 Å². The molecule has 2 heterocycles. The van der Waals surface area contributed by atoms with Gasteiger partial charge in [-0.2, -0.15) is 4.98 Å². The smallest absolute Gasteiger partial charge is 0.234 e. The maximum absolute atomic E-state index is 5.89. The second-order valence-corrected chi connectivity index (χ2v) is 6.75. The van der Waals surface area contributed by atoms with Gasteiger partial charge >= 0.3 is 0 Å². The van der Waals surface area contributed by atoms with Crippen molar-refractivity contribution in [2.75, 3.05) is 31.2 Å². The summed E-state index contributed by atoms with van der Waals surface area (Å²) in [5.41, 5.74) is -0.0966. The topological polar surface area (TPSA) is 47.5 Å². The fraction of sp³-hybridized carbons (Fsp3) is 0.765. The number of nitrogens with zero attached hydrogens (tertiary/aromatic N) is 3. The number of hydrogen-bond acceptors (Lipinski definition) is 5. The number of morpholine rings is 1. The quantitative estimate of drug-likeness (QED) is 0.837. The van der Waals surface area contributed by atoms with E-state index in [0.717, 1.165) is 38.5 Å².